The maximum Gasteiger partial charge on any atom is 0.0577 e. The second-order valence-corrected chi connectivity index (χ2v) is 9.74. The largest absolute Gasteiger partial charge is 0.393 e. The van der Waals surface area contributed by atoms with Crippen molar-refractivity contribution in [2.24, 2.45) is 40.2 Å². The lowest BCUT2D eigenvalue weighted by molar-refractivity contribution is -0.0520. The SMILES string of the molecule is C[C@@H](N)[C@@H]1CC[C@@H]2[C@H]3CC=C4C[C@@H](O)CC[C@]4(C)[C@@H]3CC[C@]21C. The van der Waals surface area contributed by atoms with Crippen molar-refractivity contribution in [1.82, 2.24) is 0 Å². The minimum absolute atomic E-state index is 0.0892. The van der Waals surface area contributed by atoms with Crippen LogP contribution in [0.1, 0.15) is 72.1 Å². The number of fused-ring (bicyclic) bond motifs is 5. The Bertz CT molecular complexity index is 512. The highest BCUT2D eigenvalue weighted by Gasteiger charge is 2.58. The van der Waals surface area contributed by atoms with Gasteiger partial charge in [0.15, 0.2) is 0 Å². The van der Waals surface area contributed by atoms with Gasteiger partial charge >= 0.3 is 0 Å². The summed E-state index contributed by atoms with van der Waals surface area (Å²) in [7, 11) is 0. The van der Waals surface area contributed by atoms with Crippen LogP contribution >= 0.6 is 0 Å². The molecule has 0 radical (unpaired) electrons. The predicted molar refractivity (Wildman–Crippen MR) is 94.8 cm³/mol. The molecule has 0 aromatic heterocycles. The zero-order chi connectivity index (χ0) is 16.4. The first-order valence-electron chi connectivity index (χ1n) is 9.99. The summed E-state index contributed by atoms with van der Waals surface area (Å²) >= 11 is 0. The van der Waals surface area contributed by atoms with Gasteiger partial charge in [0.1, 0.15) is 0 Å². The number of hydrogen-bond acceptors (Lipinski definition) is 2. The molecule has 4 rings (SSSR count). The average molecular weight is 318 g/mol. The van der Waals surface area contributed by atoms with E-state index in [9.17, 15) is 5.11 Å². The normalized spacial score (nSPS) is 53.8. The van der Waals surface area contributed by atoms with Gasteiger partial charge in [0.2, 0.25) is 0 Å². The van der Waals surface area contributed by atoms with Crippen LogP contribution in [0.25, 0.3) is 0 Å². The third-order valence-corrected chi connectivity index (χ3v) is 8.79. The van der Waals surface area contributed by atoms with E-state index in [2.05, 4.69) is 26.8 Å². The fourth-order valence-electron chi connectivity index (χ4n) is 7.55. The zero-order valence-corrected chi connectivity index (χ0v) is 15.2. The molecule has 0 amide bonds. The number of aliphatic hydroxyl groups is 1. The molecule has 4 aliphatic rings. The summed E-state index contributed by atoms with van der Waals surface area (Å²) in [6.07, 6.45) is 12.3. The van der Waals surface area contributed by atoms with Gasteiger partial charge in [-0.3, -0.25) is 0 Å². The van der Waals surface area contributed by atoms with Crippen molar-refractivity contribution in [2.75, 3.05) is 0 Å². The molecule has 0 heterocycles. The van der Waals surface area contributed by atoms with E-state index in [-0.39, 0.29) is 6.10 Å². The molecule has 0 unspecified atom stereocenters. The lowest BCUT2D eigenvalue weighted by Crippen LogP contribution is -2.51. The number of rotatable bonds is 1. The zero-order valence-electron chi connectivity index (χ0n) is 15.2. The minimum atomic E-state index is -0.0892. The second-order valence-electron chi connectivity index (χ2n) is 9.74. The molecular formula is C21H35NO. The summed E-state index contributed by atoms with van der Waals surface area (Å²) in [5.74, 6) is 3.31. The Morgan fingerprint density at radius 2 is 1.91 bits per heavy atom. The van der Waals surface area contributed by atoms with Crippen molar-refractivity contribution in [1.29, 1.82) is 0 Å². The number of allylic oxidation sites excluding steroid dienone is 1. The van der Waals surface area contributed by atoms with Crippen LogP contribution in [0, 0.1) is 34.5 Å². The molecule has 0 aliphatic heterocycles. The lowest BCUT2D eigenvalue weighted by Gasteiger charge is -2.58. The topological polar surface area (TPSA) is 46.2 Å². The molecule has 8 atom stereocenters. The number of aliphatic hydroxyl groups excluding tert-OH is 1. The lowest BCUT2D eigenvalue weighted by atomic mass is 9.47. The van der Waals surface area contributed by atoms with Crippen molar-refractivity contribution < 1.29 is 5.11 Å². The summed E-state index contributed by atoms with van der Waals surface area (Å²) in [6, 6.07) is 0.344. The minimum Gasteiger partial charge on any atom is -0.393 e. The van der Waals surface area contributed by atoms with E-state index >= 15 is 0 Å². The molecular weight excluding hydrogens is 282 g/mol. The van der Waals surface area contributed by atoms with Crippen molar-refractivity contribution in [3.05, 3.63) is 11.6 Å². The van der Waals surface area contributed by atoms with E-state index in [0.717, 1.165) is 36.5 Å². The first-order valence-corrected chi connectivity index (χ1v) is 9.99. The highest BCUT2D eigenvalue weighted by molar-refractivity contribution is 5.25. The third kappa shape index (κ3) is 2.20. The standard InChI is InChI=1S/C21H35NO/c1-13(22)17-6-7-18-16-5-4-14-12-15(23)8-10-20(14,2)19(16)9-11-21(17,18)3/h4,13,15-19,23H,5-12,22H2,1-3H3/t13-,15+,16-,17+,18-,19-,20+,21+/m1/s1. The van der Waals surface area contributed by atoms with E-state index in [1.807, 2.05) is 0 Å². The van der Waals surface area contributed by atoms with Gasteiger partial charge in [-0.05, 0) is 92.8 Å². The summed E-state index contributed by atoms with van der Waals surface area (Å²) in [5.41, 5.74) is 8.80. The van der Waals surface area contributed by atoms with Crippen LogP contribution in [0.3, 0.4) is 0 Å². The van der Waals surface area contributed by atoms with E-state index in [1.165, 1.54) is 38.5 Å². The molecule has 4 aliphatic carbocycles. The predicted octanol–water partition coefficient (Wildman–Crippen LogP) is 4.27. The van der Waals surface area contributed by atoms with Crippen LogP contribution in [0.2, 0.25) is 0 Å². The summed E-state index contributed by atoms with van der Waals surface area (Å²) in [5, 5.41) is 10.1. The number of nitrogens with two attached hydrogens (primary N) is 1. The van der Waals surface area contributed by atoms with Crippen LogP contribution in [-0.2, 0) is 0 Å². The molecule has 3 N–H and O–H groups in total. The summed E-state index contributed by atoms with van der Waals surface area (Å²) < 4.78 is 0. The summed E-state index contributed by atoms with van der Waals surface area (Å²) in [6.45, 7) is 7.30. The van der Waals surface area contributed by atoms with Gasteiger partial charge in [-0.15, -0.1) is 0 Å². The molecule has 0 aromatic carbocycles. The van der Waals surface area contributed by atoms with Crippen molar-refractivity contribution in [3.8, 4) is 0 Å². The van der Waals surface area contributed by atoms with Crippen LogP contribution in [-0.4, -0.2) is 17.3 Å². The van der Waals surface area contributed by atoms with Crippen molar-refractivity contribution >= 4 is 0 Å². The Labute approximate surface area is 141 Å². The first-order chi connectivity index (χ1) is 10.9. The summed E-state index contributed by atoms with van der Waals surface area (Å²) in [4.78, 5) is 0. The van der Waals surface area contributed by atoms with Gasteiger partial charge in [-0.2, -0.15) is 0 Å². The Morgan fingerprint density at radius 3 is 2.65 bits per heavy atom. The Kier molecular flexibility index (Phi) is 3.74. The van der Waals surface area contributed by atoms with E-state index in [1.54, 1.807) is 5.57 Å². The van der Waals surface area contributed by atoms with Gasteiger partial charge in [0, 0.05) is 6.04 Å². The van der Waals surface area contributed by atoms with Crippen LogP contribution < -0.4 is 5.73 Å². The van der Waals surface area contributed by atoms with Gasteiger partial charge in [-0.1, -0.05) is 25.5 Å². The van der Waals surface area contributed by atoms with Gasteiger partial charge in [0.05, 0.1) is 6.10 Å². The molecule has 3 saturated carbocycles. The highest BCUT2D eigenvalue weighted by Crippen LogP contribution is 2.66. The molecule has 23 heavy (non-hydrogen) atoms. The number of hydrogen-bond donors (Lipinski definition) is 2. The monoisotopic (exact) mass is 317 g/mol. The Hall–Kier alpha value is -0.340. The Balaban J connectivity index is 1.65. The van der Waals surface area contributed by atoms with Crippen LogP contribution in [0.15, 0.2) is 11.6 Å². The smallest absolute Gasteiger partial charge is 0.0577 e. The quantitative estimate of drug-likeness (QED) is 0.709. The highest BCUT2D eigenvalue weighted by atomic mass is 16.3. The van der Waals surface area contributed by atoms with Gasteiger partial charge < -0.3 is 10.8 Å². The average Bonchev–Trinajstić information content (AvgIpc) is 2.85. The molecule has 0 aromatic rings. The van der Waals surface area contributed by atoms with E-state index in [4.69, 9.17) is 5.73 Å². The third-order valence-electron chi connectivity index (χ3n) is 8.79. The molecule has 0 saturated heterocycles. The Morgan fingerprint density at radius 1 is 1.13 bits per heavy atom. The molecule has 3 fully saturated rings. The van der Waals surface area contributed by atoms with Crippen LogP contribution in [0.4, 0.5) is 0 Å². The van der Waals surface area contributed by atoms with E-state index < -0.39 is 0 Å². The first kappa shape index (κ1) is 16.1. The maximum atomic E-state index is 10.1. The molecule has 130 valence electrons. The fraction of sp³-hybridized carbons (Fsp3) is 0.905. The molecule has 0 spiro atoms. The van der Waals surface area contributed by atoms with Crippen molar-refractivity contribution in [3.63, 3.8) is 0 Å². The maximum absolute atomic E-state index is 10.1. The molecule has 2 nitrogen and oxygen atoms in total. The van der Waals surface area contributed by atoms with Gasteiger partial charge in [0.25, 0.3) is 0 Å². The van der Waals surface area contributed by atoms with E-state index in [0.29, 0.717) is 16.9 Å². The van der Waals surface area contributed by atoms with Crippen LogP contribution in [0.5, 0.6) is 0 Å². The van der Waals surface area contributed by atoms with Crippen molar-refractivity contribution in [2.45, 2.75) is 84.3 Å². The molecule has 2 heteroatoms. The van der Waals surface area contributed by atoms with Gasteiger partial charge in [-0.25, -0.2) is 0 Å². The fourth-order valence-corrected chi connectivity index (χ4v) is 7.55. The second kappa shape index (κ2) is 5.33. The molecule has 0 bridgehead atoms.